The quantitative estimate of drug-likeness (QED) is 0.845. The molecule has 1 aliphatic heterocycles. The maximum Gasteiger partial charge on any atom is 0.228 e. The van der Waals surface area contributed by atoms with E-state index >= 15 is 0 Å². The molecule has 3 rings (SSSR count). The highest BCUT2D eigenvalue weighted by Crippen LogP contribution is 2.30. The van der Waals surface area contributed by atoms with Crippen LogP contribution in [0.5, 0.6) is 0 Å². The molecule has 1 aromatic heterocycles. The number of benzene rings is 1. The third-order valence-corrected chi connectivity index (χ3v) is 5.19. The molecule has 0 spiro atoms. The van der Waals surface area contributed by atoms with Crippen molar-refractivity contribution in [3.05, 3.63) is 40.4 Å². The number of carbonyl (C=O) groups excluding carboxylic acids is 1. The van der Waals surface area contributed by atoms with Gasteiger partial charge >= 0.3 is 0 Å². The number of hydrogen-bond acceptors (Lipinski definition) is 4. The van der Waals surface area contributed by atoms with Gasteiger partial charge < -0.3 is 9.64 Å². The molecule has 1 atom stereocenters. The molecule has 1 fully saturated rings. The van der Waals surface area contributed by atoms with Gasteiger partial charge in [0, 0.05) is 24.0 Å². The molecule has 4 nitrogen and oxygen atoms in total. The minimum absolute atomic E-state index is 0.114. The molecule has 0 N–H and O–H groups in total. The van der Waals surface area contributed by atoms with Crippen molar-refractivity contribution in [2.45, 2.75) is 25.9 Å². The zero-order chi connectivity index (χ0) is 16.2. The molecule has 1 saturated heterocycles. The van der Waals surface area contributed by atoms with Crippen molar-refractivity contribution in [2.75, 3.05) is 19.7 Å². The molecule has 0 aliphatic carbocycles. The predicted octanol–water partition coefficient (Wildman–Crippen LogP) is 3.64. The van der Waals surface area contributed by atoms with E-state index in [2.05, 4.69) is 11.9 Å². The summed E-state index contributed by atoms with van der Waals surface area (Å²) in [6, 6.07) is 7.63. The van der Waals surface area contributed by atoms with Crippen LogP contribution >= 0.6 is 22.9 Å². The van der Waals surface area contributed by atoms with E-state index < -0.39 is 0 Å². The minimum atomic E-state index is 0.114. The van der Waals surface area contributed by atoms with Gasteiger partial charge in [0.15, 0.2) is 0 Å². The number of rotatable bonds is 4. The van der Waals surface area contributed by atoms with Gasteiger partial charge in [-0.05, 0) is 12.5 Å². The van der Waals surface area contributed by atoms with Crippen molar-refractivity contribution < 1.29 is 9.53 Å². The van der Waals surface area contributed by atoms with Crippen LogP contribution in [0.15, 0.2) is 29.6 Å². The average molecular weight is 351 g/mol. The fraction of sp³-hybridized carbons (Fsp3) is 0.412. The molecular weight excluding hydrogens is 332 g/mol. The molecule has 23 heavy (non-hydrogen) atoms. The maximum atomic E-state index is 12.5. The van der Waals surface area contributed by atoms with Crippen LogP contribution in [0.1, 0.15) is 19.0 Å². The summed E-state index contributed by atoms with van der Waals surface area (Å²) in [6.07, 6.45) is 1.41. The van der Waals surface area contributed by atoms with Crippen LogP contribution < -0.4 is 0 Å². The first-order valence-electron chi connectivity index (χ1n) is 7.76. The Morgan fingerprint density at radius 3 is 3.09 bits per heavy atom. The van der Waals surface area contributed by atoms with E-state index in [-0.39, 0.29) is 12.0 Å². The van der Waals surface area contributed by atoms with Gasteiger partial charge in [-0.1, -0.05) is 36.7 Å². The number of nitrogens with zero attached hydrogens (tertiary/aromatic N) is 2. The van der Waals surface area contributed by atoms with Gasteiger partial charge in [-0.25, -0.2) is 4.98 Å². The van der Waals surface area contributed by atoms with Gasteiger partial charge in [-0.2, -0.15) is 0 Å². The molecule has 0 bridgehead atoms. The van der Waals surface area contributed by atoms with Crippen molar-refractivity contribution in [3.8, 4) is 10.6 Å². The Morgan fingerprint density at radius 2 is 2.30 bits per heavy atom. The SMILES string of the molecule is CCC1CN(C(=O)Cc2csc(-c3ccccc3Cl)n2)CCO1. The Morgan fingerprint density at radius 1 is 1.48 bits per heavy atom. The Labute approximate surface area is 145 Å². The molecule has 1 aromatic carbocycles. The minimum Gasteiger partial charge on any atom is -0.375 e. The number of morpholine rings is 1. The van der Waals surface area contributed by atoms with Crippen molar-refractivity contribution in [2.24, 2.45) is 0 Å². The number of carbonyl (C=O) groups is 1. The summed E-state index contributed by atoms with van der Waals surface area (Å²) < 4.78 is 5.61. The Hall–Kier alpha value is -1.43. The molecule has 0 radical (unpaired) electrons. The molecule has 2 aromatic rings. The second kappa shape index (κ2) is 7.43. The molecule has 1 amide bonds. The molecule has 122 valence electrons. The van der Waals surface area contributed by atoms with Crippen LogP contribution in [0.2, 0.25) is 5.02 Å². The van der Waals surface area contributed by atoms with Crippen LogP contribution in [0.25, 0.3) is 10.6 Å². The van der Waals surface area contributed by atoms with Crippen LogP contribution in [0.4, 0.5) is 0 Å². The van der Waals surface area contributed by atoms with Gasteiger partial charge in [-0.15, -0.1) is 11.3 Å². The fourth-order valence-electron chi connectivity index (χ4n) is 2.61. The number of ether oxygens (including phenoxy) is 1. The highest BCUT2D eigenvalue weighted by atomic mass is 35.5. The van der Waals surface area contributed by atoms with Gasteiger partial charge in [0.25, 0.3) is 0 Å². The van der Waals surface area contributed by atoms with Crippen LogP contribution in [0, 0.1) is 0 Å². The van der Waals surface area contributed by atoms with E-state index in [1.165, 1.54) is 11.3 Å². The monoisotopic (exact) mass is 350 g/mol. The lowest BCUT2D eigenvalue weighted by Gasteiger charge is -2.32. The standard InChI is InChI=1S/C17H19ClN2O2S/c1-2-13-10-20(7-8-22-13)16(21)9-12-11-23-17(19-12)14-5-3-4-6-15(14)18/h3-6,11,13H,2,7-10H2,1H3. The maximum absolute atomic E-state index is 12.5. The molecule has 0 saturated carbocycles. The number of thiazole rings is 1. The highest BCUT2D eigenvalue weighted by Gasteiger charge is 2.23. The number of aromatic nitrogens is 1. The van der Waals surface area contributed by atoms with E-state index in [1.54, 1.807) is 0 Å². The average Bonchev–Trinajstić information content (AvgIpc) is 3.03. The third-order valence-electron chi connectivity index (χ3n) is 3.94. The third kappa shape index (κ3) is 3.91. The predicted molar refractivity (Wildman–Crippen MR) is 92.9 cm³/mol. The van der Waals surface area contributed by atoms with Gasteiger partial charge in [0.2, 0.25) is 5.91 Å². The van der Waals surface area contributed by atoms with Gasteiger partial charge in [0.1, 0.15) is 5.01 Å². The summed E-state index contributed by atoms with van der Waals surface area (Å²) in [5, 5.41) is 3.47. The van der Waals surface area contributed by atoms with Crippen LogP contribution in [0.3, 0.4) is 0 Å². The zero-order valence-electron chi connectivity index (χ0n) is 13.0. The summed E-state index contributed by atoms with van der Waals surface area (Å²) in [4.78, 5) is 18.9. The lowest BCUT2D eigenvalue weighted by Crippen LogP contribution is -2.46. The largest absolute Gasteiger partial charge is 0.375 e. The summed E-state index contributed by atoms with van der Waals surface area (Å²) in [5.74, 6) is 0.114. The number of amides is 1. The van der Waals surface area contributed by atoms with E-state index in [0.29, 0.717) is 31.1 Å². The normalized spacial score (nSPS) is 18.2. The first-order chi connectivity index (χ1) is 11.2. The summed E-state index contributed by atoms with van der Waals surface area (Å²) in [7, 11) is 0. The Balaban J connectivity index is 1.67. The zero-order valence-corrected chi connectivity index (χ0v) is 14.6. The Bertz CT molecular complexity index is 689. The lowest BCUT2D eigenvalue weighted by atomic mass is 10.2. The summed E-state index contributed by atoms with van der Waals surface area (Å²) >= 11 is 7.72. The molecule has 1 aliphatic rings. The molecular formula is C17H19ClN2O2S. The first kappa shape index (κ1) is 16.4. The van der Waals surface area contributed by atoms with Crippen molar-refractivity contribution in [1.29, 1.82) is 0 Å². The lowest BCUT2D eigenvalue weighted by molar-refractivity contribution is -0.138. The molecule has 2 heterocycles. The van der Waals surface area contributed by atoms with Crippen molar-refractivity contribution in [3.63, 3.8) is 0 Å². The van der Waals surface area contributed by atoms with Crippen LogP contribution in [-0.4, -0.2) is 41.6 Å². The first-order valence-corrected chi connectivity index (χ1v) is 9.01. The number of hydrogen-bond donors (Lipinski definition) is 0. The van der Waals surface area contributed by atoms with Crippen LogP contribution in [-0.2, 0) is 16.0 Å². The van der Waals surface area contributed by atoms with Gasteiger partial charge in [-0.3, -0.25) is 4.79 Å². The van der Waals surface area contributed by atoms with E-state index in [4.69, 9.17) is 16.3 Å². The summed E-state index contributed by atoms with van der Waals surface area (Å²) in [5.41, 5.74) is 1.71. The van der Waals surface area contributed by atoms with Gasteiger partial charge in [0.05, 0.1) is 29.8 Å². The summed E-state index contributed by atoms with van der Waals surface area (Å²) in [6.45, 7) is 4.04. The van der Waals surface area contributed by atoms with E-state index in [1.807, 2.05) is 34.5 Å². The molecule has 1 unspecified atom stereocenters. The second-order valence-electron chi connectivity index (χ2n) is 5.54. The van der Waals surface area contributed by atoms with Crippen molar-refractivity contribution in [1.82, 2.24) is 9.88 Å². The highest BCUT2D eigenvalue weighted by molar-refractivity contribution is 7.13. The van der Waals surface area contributed by atoms with E-state index in [9.17, 15) is 4.79 Å². The fourth-order valence-corrected chi connectivity index (χ4v) is 3.75. The Kier molecular flexibility index (Phi) is 5.30. The second-order valence-corrected chi connectivity index (χ2v) is 6.81. The number of halogens is 1. The topological polar surface area (TPSA) is 42.4 Å². The van der Waals surface area contributed by atoms with Crippen molar-refractivity contribution >= 4 is 28.8 Å². The smallest absolute Gasteiger partial charge is 0.228 e. The molecule has 6 heteroatoms. The van der Waals surface area contributed by atoms with E-state index in [0.717, 1.165) is 22.7 Å².